The van der Waals surface area contributed by atoms with Crippen LogP contribution in [-0.4, -0.2) is 46.3 Å². The molecule has 0 bridgehead atoms. The number of aliphatic hydroxyl groups is 2. The zero-order valence-electron chi connectivity index (χ0n) is 14.5. The van der Waals surface area contributed by atoms with Crippen molar-refractivity contribution < 1.29 is 19.8 Å². The Bertz CT molecular complexity index is 378. The Balaban J connectivity index is 1.55. The molecule has 6 heteroatoms. The average Bonchev–Trinajstić information content (AvgIpc) is 2.56. The number of carbonyl (C=O) groups excluding carboxylic acids is 2. The highest BCUT2D eigenvalue weighted by Crippen LogP contribution is 2.19. The molecule has 2 fully saturated rings. The fourth-order valence-electron chi connectivity index (χ4n) is 3.69. The average molecular weight is 340 g/mol. The minimum atomic E-state index is -0.421. The first-order chi connectivity index (χ1) is 11.6. The van der Waals surface area contributed by atoms with Crippen LogP contribution in [0.2, 0.25) is 0 Å². The summed E-state index contributed by atoms with van der Waals surface area (Å²) in [6.07, 6.45) is 8.64. The molecule has 2 aliphatic rings. The third kappa shape index (κ3) is 6.40. The van der Waals surface area contributed by atoms with Gasteiger partial charge in [0.05, 0.1) is 24.3 Å². The summed E-state index contributed by atoms with van der Waals surface area (Å²) in [6.45, 7) is 0. The number of carbonyl (C=O) groups is 2. The van der Waals surface area contributed by atoms with Gasteiger partial charge in [-0.25, -0.2) is 0 Å². The van der Waals surface area contributed by atoms with Crippen LogP contribution >= 0.6 is 0 Å². The Morgan fingerprint density at radius 1 is 0.708 bits per heavy atom. The number of nitrogens with one attached hydrogen (secondary N) is 2. The molecule has 2 rings (SSSR count). The molecule has 0 aliphatic heterocycles. The lowest BCUT2D eigenvalue weighted by Crippen LogP contribution is -2.45. The summed E-state index contributed by atoms with van der Waals surface area (Å²) >= 11 is 0. The molecule has 0 aromatic carbocycles. The minimum absolute atomic E-state index is 0.0379. The first-order valence-corrected chi connectivity index (χ1v) is 9.51. The fourth-order valence-corrected chi connectivity index (χ4v) is 3.69. The van der Waals surface area contributed by atoms with Crippen molar-refractivity contribution in [2.45, 2.75) is 101 Å². The quantitative estimate of drug-likeness (QED) is 0.526. The van der Waals surface area contributed by atoms with Crippen LogP contribution in [0.25, 0.3) is 0 Å². The SMILES string of the molecule is O=C(CCCCC(=O)N[C@@H]1CCCC[C@@H]1O)N[C@@H]1CCCC[C@H]1O. The lowest BCUT2D eigenvalue weighted by molar-refractivity contribution is -0.124. The number of amides is 2. The van der Waals surface area contributed by atoms with Crippen molar-refractivity contribution in [3.8, 4) is 0 Å². The van der Waals surface area contributed by atoms with Gasteiger partial charge in [0, 0.05) is 12.8 Å². The van der Waals surface area contributed by atoms with E-state index in [-0.39, 0.29) is 23.9 Å². The van der Waals surface area contributed by atoms with Crippen LogP contribution in [-0.2, 0) is 9.59 Å². The molecule has 2 saturated carbocycles. The Morgan fingerprint density at radius 3 is 1.46 bits per heavy atom. The maximum Gasteiger partial charge on any atom is 0.220 e. The fraction of sp³-hybridized carbons (Fsp3) is 0.889. The van der Waals surface area contributed by atoms with Crippen molar-refractivity contribution in [1.29, 1.82) is 0 Å². The zero-order chi connectivity index (χ0) is 17.4. The van der Waals surface area contributed by atoms with Crippen LogP contribution in [0.4, 0.5) is 0 Å². The second kappa shape index (κ2) is 9.99. The Labute approximate surface area is 144 Å². The van der Waals surface area contributed by atoms with Gasteiger partial charge >= 0.3 is 0 Å². The monoisotopic (exact) mass is 340 g/mol. The van der Waals surface area contributed by atoms with Crippen LogP contribution in [0.5, 0.6) is 0 Å². The van der Waals surface area contributed by atoms with Gasteiger partial charge in [-0.05, 0) is 38.5 Å². The van der Waals surface area contributed by atoms with Crippen molar-refractivity contribution in [2.75, 3.05) is 0 Å². The van der Waals surface area contributed by atoms with Crippen molar-refractivity contribution in [3.05, 3.63) is 0 Å². The van der Waals surface area contributed by atoms with E-state index in [1.807, 2.05) is 0 Å². The van der Waals surface area contributed by atoms with Crippen LogP contribution in [0.3, 0.4) is 0 Å². The minimum Gasteiger partial charge on any atom is -0.391 e. The van der Waals surface area contributed by atoms with Gasteiger partial charge in [-0.1, -0.05) is 25.7 Å². The predicted molar refractivity (Wildman–Crippen MR) is 91.3 cm³/mol. The standard InChI is InChI=1S/C18H32N2O4/c21-15-9-3-1-7-13(15)19-17(23)11-5-6-12-18(24)20-14-8-2-4-10-16(14)22/h13-16,21-22H,1-12H2,(H,19,23)(H,20,24)/t13-,14-,15-,16+/m1/s1. The maximum atomic E-state index is 11.9. The van der Waals surface area contributed by atoms with Crippen molar-refractivity contribution in [1.82, 2.24) is 10.6 Å². The van der Waals surface area contributed by atoms with Crippen LogP contribution in [0.15, 0.2) is 0 Å². The second-order valence-corrected chi connectivity index (χ2v) is 7.26. The Kier molecular flexibility index (Phi) is 7.99. The third-order valence-electron chi connectivity index (χ3n) is 5.21. The van der Waals surface area contributed by atoms with Crippen molar-refractivity contribution in [3.63, 3.8) is 0 Å². The van der Waals surface area contributed by atoms with Gasteiger partial charge in [0.15, 0.2) is 0 Å². The van der Waals surface area contributed by atoms with Gasteiger partial charge in [0.1, 0.15) is 0 Å². The number of aliphatic hydroxyl groups excluding tert-OH is 2. The molecular formula is C18H32N2O4. The van der Waals surface area contributed by atoms with Gasteiger partial charge in [-0.2, -0.15) is 0 Å². The molecule has 0 spiro atoms. The molecule has 6 nitrogen and oxygen atoms in total. The van der Waals surface area contributed by atoms with Crippen molar-refractivity contribution in [2.24, 2.45) is 0 Å². The topological polar surface area (TPSA) is 98.7 Å². The smallest absolute Gasteiger partial charge is 0.220 e. The van der Waals surface area contributed by atoms with Crippen molar-refractivity contribution >= 4 is 11.8 Å². The molecule has 0 unspecified atom stereocenters. The van der Waals surface area contributed by atoms with E-state index in [1.165, 1.54) is 0 Å². The molecule has 0 aromatic rings. The summed E-state index contributed by atoms with van der Waals surface area (Å²) in [7, 11) is 0. The Morgan fingerprint density at radius 2 is 1.08 bits per heavy atom. The Hall–Kier alpha value is -1.14. The summed E-state index contributed by atoms with van der Waals surface area (Å²) in [5.41, 5.74) is 0. The molecule has 0 radical (unpaired) electrons. The van der Waals surface area contributed by atoms with E-state index in [9.17, 15) is 19.8 Å². The first kappa shape index (κ1) is 19.2. The lowest BCUT2D eigenvalue weighted by atomic mass is 9.92. The van der Waals surface area contributed by atoms with E-state index < -0.39 is 12.2 Å². The van der Waals surface area contributed by atoms with Gasteiger partial charge in [-0.3, -0.25) is 9.59 Å². The molecule has 0 aromatic heterocycles. The van der Waals surface area contributed by atoms with Gasteiger partial charge < -0.3 is 20.8 Å². The highest BCUT2D eigenvalue weighted by molar-refractivity contribution is 5.77. The normalized spacial score (nSPS) is 30.6. The summed E-state index contributed by atoms with van der Waals surface area (Å²) in [5.74, 6) is -0.0758. The summed E-state index contributed by atoms with van der Waals surface area (Å²) in [6, 6.07) is -0.218. The van der Waals surface area contributed by atoms with E-state index in [4.69, 9.17) is 0 Å². The molecule has 2 aliphatic carbocycles. The first-order valence-electron chi connectivity index (χ1n) is 9.51. The molecule has 138 valence electrons. The summed E-state index contributed by atoms with van der Waals surface area (Å²) < 4.78 is 0. The van der Waals surface area contributed by atoms with Crippen LogP contribution in [0, 0.1) is 0 Å². The molecule has 4 atom stereocenters. The predicted octanol–water partition coefficient (Wildman–Crippen LogP) is 1.39. The van der Waals surface area contributed by atoms with E-state index >= 15 is 0 Å². The third-order valence-corrected chi connectivity index (χ3v) is 5.21. The summed E-state index contributed by atoms with van der Waals surface area (Å²) in [5, 5.41) is 25.5. The van der Waals surface area contributed by atoms with Gasteiger partial charge in [0.2, 0.25) is 11.8 Å². The van der Waals surface area contributed by atoms with E-state index in [0.717, 1.165) is 51.4 Å². The van der Waals surface area contributed by atoms with Crippen LogP contribution < -0.4 is 10.6 Å². The molecular weight excluding hydrogens is 308 g/mol. The number of hydrogen-bond acceptors (Lipinski definition) is 4. The number of rotatable bonds is 7. The highest BCUT2D eigenvalue weighted by Gasteiger charge is 2.25. The molecule has 0 saturated heterocycles. The largest absolute Gasteiger partial charge is 0.391 e. The highest BCUT2D eigenvalue weighted by atomic mass is 16.3. The second-order valence-electron chi connectivity index (χ2n) is 7.26. The number of unbranched alkanes of at least 4 members (excludes halogenated alkanes) is 1. The van der Waals surface area contributed by atoms with E-state index in [0.29, 0.717) is 25.7 Å². The van der Waals surface area contributed by atoms with E-state index in [2.05, 4.69) is 10.6 Å². The van der Waals surface area contributed by atoms with E-state index in [1.54, 1.807) is 0 Å². The molecule has 2 amide bonds. The summed E-state index contributed by atoms with van der Waals surface area (Å²) in [4.78, 5) is 23.8. The number of hydrogen-bond donors (Lipinski definition) is 4. The maximum absolute atomic E-state index is 11.9. The lowest BCUT2D eigenvalue weighted by Gasteiger charge is -2.28. The molecule has 0 heterocycles. The van der Waals surface area contributed by atoms with Crippen LogP contribution in [0.1, 0.15) is 77.0 Å². The van der Waals surface area contributed by atoms with Gasteiger partial charge in [-0.15, -0.1) is 0 Å². The zero-order valence-corrected chi connectivity index (χ0v) is 14.5. The molecule has 24 heavy (non-hydrogen) atoms. The van der Waals surface area contributed by atoms with Gasteiger partial charge in [0.25, 0.3) is 0 Å². The molecule has 4 N–H and O–H groups in total.